The monoisotopic (exact) mass is 357 g/mol. The summed E-state index contributed by atoms with van der Waals surface area (Å²) in [4.78, 5) is 17.1. The van der Waals surface area contributed by atoms with Crippen LogP contribution >= 0.6 is 12.4 Å². The number of hydrogen-bond acceptors (Lipinski definition) is 4. The smallest absolute Gasteiger partial charge is 0.239 e. The average Bonchev–Trinajstić information content (AvgIpc) is 2.90. The summed E-state index contributed by atoms with van der Waals surface area (Å²) in [6.07, 6.45) is 2.31. The fourth-order valence-electron chi connectivity index (χ4n) is 2.79. The van der Waals surface area contributed by atoms with Gasteiger partial charge in [-0.15, -0.1) is 12.4 Å². The average molecular weight is 358 g/mol. The van der Waals surface area contributed by atoms with E-state index in [1.165, 1.54) is 0 Å². The van der Waals surface area contributed by atoms with Gasteiger partial charge in [0.1, 0.15) is 0 Å². The highest BCUT2D eigenvalue weighted by Gasteiger charge is 2.28. The van der Waals surface area contributed by atoms with Crippen molar-refractivity contribution in [2.45, 2.75) is 12.5 Å². The van der Waals surface area contributed by atoms with E-state index in [0.29, 0.717) is 6.42 Å². The molecule has 0 bridgehead atoms. The topological polar surface area (TPSA) is 96.3 Å². The van der Waals surface area contributed by atoms with Gasteiger partial charge in [0.05, 0.1) is 17.5 Å². The number of H-pyrrole nitrogens is 1. The van der Waals surface area contributed by atoms with E-state index < -0.39 is 15.9 Å². The zero-order chi connectivity index (χ0) is 15.7. The first kappa shape index (κ1) is 17.8. The lowest BCUT2D eigenvalue weighted by Crippen LogP contribution is -2.50. The summed E-state index contributed by atoms with van der Waals surface area (Å²) in [5.74, 6) is -0.128. The number of hydrogen-bond donors (Lipinski definition) is 2. The lowest BCUT2D eigenvalue weighted by atomic mass is 10.0. The van der Waals surface area contributed by atoms with Crippen LogP contribution in [0.4, 0.5) is 0 Å². The van der Waals surface area contributed by atoms with Gasteiger partial charge in [-0.3, -0.25) is 4.79 Å². The van der Waals surface area contributed by atoms with Gasteiger partial charge in [0.25, 0.3) is 0 Å². The Morgan fingerprint density at radius 1 is 1.26 bits per heavy atom. The third-order valence-corrected chi connectivity index (χ3v) is 5.70. The zero-order valence-corrected chi connectivity index (χ0v) is 14.2. The molecule has 1 amide bonds. The summed E-state index contributed by atoms with van der Waals surface area (Å²) >= 11 is 0. The van der Waals surface area contributed by atoms with Gasteiger partial charge in [-0.2, -0.15) is 0 Å². The lowest BCUT2D eigenvalue weighted by molar-refractivity contribution is -0.132. The van der Waals surface area contributed by atoms with Crippen molar-refractivity contribution < 1.29 is 13.2 Å². The Morgan fingerprint density at radius 3 is 2.61 bits per heavy atom. The molecule has 1 atom stereocenters. The number of carbonyl (C=O) groups excluding carboxylic acids is 1. The van der Waals surface area contributed by atoms with Crippen molar-refractivity contribution in [2.24, 2.45) is 5.73 Å². The Bertz CT molecular complexity index is 789. The normalized spacial score (nSPS) is 18.4. The quantitative estimate of drug-likeness (QED) is 0.845. The highest BCUT2D eigenvalue weighted by atomic mass is 35.5. The van der Waals surface area contributed by atoms with E-state index in [9.17, 15) is 13.2 Å². The molecule has 3 rings (SSSR count). The molecule has 1 fully saturated rings. The maximum atomic E-state index is 12.4. The van der Waals surface area contributed by atoms with Crippen LogP contribution in [0.25, 0.3) is 10.9 Å². The molecule has 1 aliphatic heterocycles. The number of nitrogens with one attached hydrogen (secondary N) is 1. The molecule has 6 nitrogen and oxygen atoms in total. The molecule has 0 aliphatic carbocycles. The van der Waals surface area contributed by atoms with Gasteiger partial charge in [-0.1, -0.05) is 18.2 Å². The minimum Gasteiger partial charge on any atom is -0.361 e. The Labute approximate surface area is 141 Å². The number of nitrogens with two attached hydrogens (primary N) is 1. The molecule has 2 aromatic rings. The molecule has 1 saturated heterocycles. The maximum Gasteiger partial charge on any atom is 0.239 e. The number of aromatic amines is 1. The van der Waals surface area contributed by atoms with Gasteiger partial charge in [0, 0.05) is 30.2 Å². The van der Waals surface area contributed by atoms with Crippen molar-refractivity contribution >= 4 is 39.1 Å². The Kier molecular flexibility index (Phi) is 5.33. The highest BCUT2D eigenvalue weighted by Crippen LogP contribution is 2.19. The van der Waals surface area contributed by atoms with E-state index in [0.717, 1.165) is 16.5 Å². The molecule has 1 aromatic heterocycles. The van der Waals surface area contributed by atoms with Crippen LogP contribution in [0.3, 0.4) is 0 Å². The largest absolute Gasteiger partial charge is 0.361 e. The van der Waals surface area contributed by atoms with Crippen molar-refractivity contribution in [3.8, 4) is 0 Å². The van der Waals surface area contributed by atoms with Crippen molar-refractivity contribution in [3.63, 3.8) is 0 Å². The van der Waals surface area contributed by atoms with Crippen LogP contribution in [0.1, 0.15) is 5.56 Å². The molecule has 2 heterocycles. The number of nitrogens with zero attached hydrogens (tertiary/aromatic N) is 1. The minimum absolute atomic E-state index is 0. The Morgan fingerprint density at radius 2 is 1.91 bits per heavy atom. The summed E-state index contributed by atoms with van der Waals surface area (Å²) < 4.78 is 22.8. The van der Waals surface area contributed by atoms with E-state index >= 15 is 0 Å². The number of halogens is 1. The second-order valence-electron chi connectivity index (χ2n) is 5.65. The third kappa shape index (κ3) is 3.85. The van der Waals surface area contributed by atoms with E-state index in [1.54, 1.807) is 4.90 Å². The Balaban J connectivity index is 0.00000192. The molecular weight excluding hydrogens is 338 g/mol. The number of benzene rings is 1. The van der Waals surface area contributed by atoms with Crippen LogP contribution in [-0.2, 0) is 21.1 Å². The van der Waals surface area contributed by atoms with Gasteiger partial charge in [-0.05, 0) is 18.1 Å². The van der Waals surface area contributed by atoms with Gasteiger partial charge >= 0.3 is 0 Å². The summed E-state index contributed by atoms with van der Waals surface area (Å²) in [6.45, 7) is 0.478. The molecule has 0 spiro atoms. The van der Waals surface area contributed by atoms with Crippen molar-refractivity contribution in [1.82, 2.24) is 9.88 Å². The minimum atomic E-state index is -2.99. The molecule has 1 aliphatic rings. The fourth-order valence-corrected chi connectivity index (χ4v) is 3.99. The molecule has 23 heavy (non-hydrogen) atoms. The molecule has 8 heteroatoms. The molecule has 0 saturated carbocycles. The first-order valence-corrected chi connectivity index (χ1v) is 9.08. The van der Waals surface area contributed by atoms with E-state index in [2.05, 4.69) is 4.98 Å². The van der Waals surface area contributed by atoms with Crippen molar-refractivity contribution in [3.05, 3.63) is 36.0 Å². The first-order valence-electron chi connectivity index (χ1n) is 7.26. The zero-order valence-electron chi connectivity index (χ0n) is 12.6. The molecule has 126 valence electrons. The molecule has 1 aromatic carbocycles. The predicted octanol–water partition coefficient (Wildman–Crippen LogP) is 0.716. The highest BCUT2D eigenvalue weighted by molar-refractivity contribution is 7.91. The van der Waals surface area contributed by atoms with E-state index in [4.69, 9.17) is 5.73 Å². The molecular formula is C15H20ClN3O3S. The number of fused-ring (bicyclic) bond motifs is 1. The maximum absolute atomic E-state index is 12.4. The SMILES string of the molecule is Cl.N[C@@H](Cc1c[nH]c2ccccc12)C(=O)N1CCS(=O)(=O)CC1. The predicted molar refractivity (Wildman–Crippen MR) is 92.5 cm³/mol. The second-order valence-corrected chi connectivity index (χ2v) is 7.95. The fraction of sp³-hybridized carbons (Fsp3) is 0.400. The summed E-state index contributed by atoms with van der Waals surface area (Å²) in [6, 6.07) is 7.21. The van der Waals surface area contributed by atoms with Gasteiger partial charge < -0.3 is 15.6 Å². The molecule has 3 N–H and O–H groups in total. The number of aromatic nitrogens is 1. The van der Waals surface area contributed by atoms with E-state index in [-0.39, 0.29) is 42.9 Å². The van der Waals surface area contributed by atoms with Crippen molar-refractivity contribution in [2.75, 3.05) is 24.6 Å². The number of amides is 1. The van der Waals surface area contributed by atoms with Crippen LogP contribution in [0, 0.1) is 0 Å². The van der Waals surface area contributed by atoms with Crippen LogP contribution in [0.5, 0.6) is 0 Å². The van der Waals surface area contributed by atoms with Crippen LogP contribution in [-0.4, -0.2) is 54.8 Å². The van der Waals surface area contributed by atoms with Crippen LogP contribution < -0.4 is 5.73 Å². The third-order valence-electron chi connectivity index (χ3n) is 4.09. The van der Waals surface area contributed by atoms with Gasteiger partial charge in [0.2, 0.25) is 5.91 Å². The summed E-state index contributed by atoms with van der Waals surface area (Å²) in [5, 5.41) is 1.06. The van der Waals surface area contributed by atoms with Crippen LogP contribution in [0.15, 0.2) is 30.5 Å². The van der Waals surface area contributed by atoms with Gasteiger partial charge in [0.15, 0.2) is 9.84 Å². The van der Waals surface area contributed by atoms with Crippen LogP contribution in [0.2, 0.25) is 0 Å². The summed E-state index contributed by atoms with van der Waals surface area (Å²) in [5.41, 5.74) is 8.06. The summed E-state index contributed by atoms with van der Waals surface area (Å²) in [7, 11) is -2.99. The number of para-hydroxylation sites is 1. The number of sulfone groups is 1. The van der Waals surface area contributed by atoms with Crippen molar-refractivity contribution in [1.29, 1.82) is 0 Å². The van der Waals surface area contributed by atoms with Gasteiger partial charge in [-0.25, -0.2) is 8.42 Å². The number of rotatable bonds is 3. The Hall–Kier alpha value is -1.57. The number of carbonyl (C=O) groups is 1. The standard InChI is InChI=1S/C15H19N3O3S.ClH/c16-13(15(19)18-5-7-22(20,21)8-6-18)9-11-10-17-14-4-2-1-3-12(11)14;/h1-4,10,13,17H,5-9,16H2;1H/t13-;/m0./s1. The lowest BCUT2D eigenvalue weighted by Gasteiger charge is -2.29. The van der Waals surface area contributed by atoms with E-state index in [1.807, 2.05) is 30.5 Å². The molecule has 0 radical (unpaired) electrons. The second kappa shape index (κ2) is 6.90. The molecule has 0 unspecified atom stereocenters. The first-order chi connectivity index (χ1) is 10.5.